The number of hydrogen-bond acceptors (Lipinski definition) is 2. The zero-order valence-electron chi connectivity index (χ0n) is 11.3. The fourth-order valence-electron chi connectivity index (χ4n) is 2.20. The lowest BCUT2D eigenvalue weighted by molar-refractivity contribution is 0.612. The Bertz CT molecular complexity index is 588. The third-order valence-corrected chi connectivity index (χ3v) is 6.24. The largest absolute Gasteiger partial charge is 0.323 e. The van der Waals surface area contributed by atoms with Crippen molar-refractivity contribution in [3.05, 3.63) is 64.6 Å². The predicted octanol–water partition coefficient (Wildman–Crippen LogP) is 4.04. The summed E-state index contributed by atoms with van der Waals surface area (Å²) < 4.78 is 13.7. The highest BCUT2D eigenvalue weighted by Crippen LogP contribution is 2.28. The van der Waals surface area contributed by atoms with E-state index in [0.717, 1.165) is 21.4 Å². The molecule has 3 unspecified atom stereocenters. The normalized spacial score (nSPS) is 15.6. The molecule has 3 atom stereocenters. The number of halogens is 1. The highest BCUT2D eigenvalue weighted by atomic mass is 79.9. The molecule has 106 valence electrons. The summed E-state index contributed by atoms with van der Waals surface area (Å²) >= 11 is 3.47. The lowest BCUT2D eigenvalue weighted by Gasteiger charge is -2.23. The molecule has 0 aliphatic carbocycles. The Morgan fingerprint density at radius 3 is 2.30 bits per heavy atom. The smallest absolute Gasteiger partial charge is 0.0591 e. The van der Waals surface area contributed by atoms with Gasteiger partial charge in [-0.2, -0.15) is 0 Å². The summed E-state index contributed by atoms with van der Waals surface area (Å²) in [6.07, 6.45) is 0.768. The van der Waals surface area contributed by atoms with Crippen molar-refractivity contribution < 1.29 is 4.21 Å². The fraction of sp³-hybridized carbons (Fsp3) is 0.250. The van der Waals surface area contributed by atoms with Crippen LogP contribution in [-0.4, -0.2) is 9.46 Å². The van der Waals surface area contributed by atoms with Gasteiger partial charge in [0.05, 0.1) is 20.9 Å². The Hall–Kier alpha value is -0.970. The second-order valence-electron chi connectivity index (χ2n) is 4.61. The maximum Gasteiger partial charge on any atom is 0.0591 e. The average Bonchev–Trinajstić information content (AvgIpc) is 2.49. The summed E-state index contributed by atoms with van der Waals surface area (Å²) in [6, 6.07) is 17.3. The molecule has 0 saturated carbocycles. The maximum absolute atomic E-state index is 12.8. The molecule has 0 fully saturated rings. The van der Waals surface area contributed by atoms with E-state index in [1.807, 2.05) is 61.5 Å². The maximum atomic E-state index is 12.8. The molecule has 0 amide bonds. The van der Waals surface area contributed by atoms with Gasteiger partial charge < -0.3 is 5.73 Å². The van der Waals surface area contributed by atoms with Gasteiger partial charge in [-0.15, -0.1) is 0 Å². The van der Waals surface area contributed by atoms with E-state index in [0.29, 0.717) is 0 Å². The van der Waals surface area contributed by atoms with E-state index in [1.165, 1.54) is 0 Å². The van der Waals surface area contributed by atoms with Gasteiger partial charge in [-0.1, -0.05) is 49.4 Å². The minimum absolute atomic E-state index is 0.101. The Balaban J connectivity index is 2.29. The molecular formula is C16H18BrNOS. The Morgan fingerprint density at radius 1 is 1.10 bits per heavy atom. The van der Waals surface area contributed by atoms with Crippen LogP contribution in [0.4, 0.5) is 0 Å². The van der Waals surface area contributed by atoms with Crippen LogP contribution in [0.5, 0.6) is 0 Å². The second kappa shape index (κ2) is 7.16. The van der Waals surface area contributed by atoms with E-state index in [1.54, 1.807) is 0 Å². The number of nitrogens with two attached hydrogens (primary N) is 1. The van der Waals surface area contributed by atoms with Crippen LogP contribution in [0, 0.1) is 0 Å². The van der Waals surface area contributed by atoms with Gasteiger partial charge in [0.25, 0.3) is 0 Å². The first kappa shape index (κ1) is 15.4. The number of hydrogen-bond donors (Lipinski definition) is 1. The van der Waals surface area contributed by atoms with Gasteiger partial charge in [-0.25, -0.2) is 0 Å². The standard InChI is InChI=1S/C16H18BrNOS/c1-2-14(16(18)12-8-4-3-5-9-12)20(19)15-11-7-6-10-13(15)17/h3-11,14,16H,2,18H2,1H3. The summed E-state index contributed by atoms with van der Waals surface area (Å²) in [7, 11) is -1.14. The van der Waals surface area contributed by atoms with E-state index in [2.05, 4.69) is 15.9 Å². The Morgan fingerprint density at radius 2 is 1.70 bits per heavy atom. The fourth-order valence-corrected chi connectivity index (χ4v) is 4.49. The van der Waals surface area contributed by atoms with Crippen molar-refractivity contribution in [2.24, 2.45) is 5.73 Å². The minimum atomic E-state index is -1.14. The molecule has 2 aromatic rings. The Kier molecular flexibility index (Phi) is 5.52. The lowest BCUT2D eigenvalue weighted by atomic mass is 10.0. The third kappa shape index (κ3) is 3.37. The topological polar surface area (TPSA) is 43.1 Å². The van der Waals surface area contributed by atoms with Crippen LogP contribution in [0.25, 0.3) is 0 Å². The SMILES string of the molecule is CCC(C(N)c1ccccc1)S(=O)c1ccccc1Br. The zero-order chi connectivity index (χ0) is 14.5. The summed E-state index contributed by atoms with van der Waals surface area (Å²) in [6.45, 7) is 2.03. The van der Waals surface area contributed by atoms with Gasteiger partial charge in [0.1, 0.15) is 0 Å². The van der Waals surface area contributed by atoms with Gasteiger partial charge in [0, 0.05) is 10.5 Å². The molecule has 0 aliphatic rings. The minimum Gasteiger partial charge on any atom is -0.323 e. The van der Waals surface area contributed by atoms with Crippen LogP contribution in [-0.2, 0) is 10.8 Å². The highest BCUT2D eigenvalue weighted by molar-refractivity contribution is 9.10. The van der Waals surface area contributed by atoms with Gasteiger partial charge in [0.15, 0.2) is 0 Å². The van der Waals surface area contributed by atoms with Crippen molar-refractivity contribution in [3.63, 3.8) is 0 Å². The predicted molar refractivity (Wildman–Crippen MR) is 88.0 cm³/mol. The van der Waals surface area contributed by atoms with Crippen LogP contribution in [0.2, 0.25) is 0 Å². The molecule has 2 N–H and O–H groups in total. The molecule has 2 aromatic carbocycles. The zero-order valence-corrected chi connectivity index (χ0v) is 13.7. The van der Waals surface area contributed by atoms with E-state index in [4.69, 9.17) is 5.73 Å². The molecule has 20 heavy (non-hydrogen) atoms. The summed E-state index contributed by atoms with van der Waals surface area (Å²) in [4.78, 5) is 0.811. The molecule has 0 aromatic heterocycles. The van der Waals surface area contributed by atoms with Crippen LogP contribution < -0.4 is 5.73 Å². The molecule has 2 rings (SSSR count). The van der Waals surface area contributed by atoms with Gasteiger partial charge in [0.2, 0.25) is 0 Å². The van der Waals surface area contributed by atoms with E-state index in [-0.39, 0.29) is 11.3 Å². The van der Waals surface area contributed by atoms with Crippen molar-refractivity contribution in [1.29, 1.82) is 0 Å². The van der Waals surface area contributed by atoms with E-state index in [9.17, 15) is 4.21 Å². The highest BCUT2D eigenvalue weighted by Gasteiger charge is 2.25. The first-order chi connectivity index (χ1) is 9.65. The molecule has 0 bridgehead atoms. The van der Waals surface area contributed by atoms with Crippen molar-refractivity contribution in [3.8, 4) is 0 Å². The monoisotopic (exact) mass is 351 g/mol. The molecule has 0 aliphatic heterocycles. The summed E-state index contributed by atoms with van der Waals surface area (Å²) in [5.74, 6) is 0. The molecule has 4 heteroatoms. The van der Waals surface area contributed by atoms with Crippen molar-refractivity contribution in [1.82, 2.24) is 0 Å². The molecule has 0 saturated heterocycles. The summed E-state index contributed by atoms with van der Waals surface area (Å²) in [5.41, 5.74) is 7.36. The van der Waals surface area contributed by atoms with Crippen LogP contribution >= 0.6 is 15.9 Å². The number of benzene rings is 2. The van der Waals surface area contributed by atoms with Crippen molar-refractivity contribution in [2.75, 3.05) is 0 Å². The first-order valence-corrected chi connectivity index (χ1v) is 8.61. The average molecular weight is 352 g/mol. The van der Waals surface area contributed by atoms with Crippen LogP contribution in [0.1, 0.15) is 24.9 Å². The van der Waals surface area contributed by atoms with Crippen molar-refractivity contribution >= 4 is 26.7 Å². The third-order valence-electron chi connectivity index (χ3n) is 3.32. The first-order valence-electron chi connectivity index (χ1n) is 6.60. The van der Waals surface area contributed by atoms with E-state index < -0.39 is 10.8 Å². The quantitative estimate of drug-likeness (QED) is 0.883. The van der Waals surface area contributed by atoms with E-state index >= 15 is 0 Å². The van der Waals surface area contributed by atoms with Gasteiger partial charge in [-0.05, 0) is 40.0 Å². The molecular weight excluding hydrogens is 334 g/mol. The molecule has 0 spiro atoms. The van der Waals surface area contributed by atoms with Gasteiger partial charge in [-0.3, -0.25) is 4.21 Å². The molecule has 0 radical (unpaired) electrons. The van der Waals surface area contributed by atoms with Crippen LogP contribution in [0.3, 0.4) is 0 Å². The molecule has 0 heterocycles. The second-order valence-corrected chi connectivity index (χ2v) is 7.11. The lowest BCUT2D eigenvalue weighted by Crippen LogP contribution is -2.30. The summed E-state index contributed by atoms with van der Waals surface area (Å²) in [5, 5.41) is -0.101. The van der Waals surface area contributed by atoms with Gasteiger partial charge >= 0.3 is 0 Å². The Labute approximate surface area is 131 Å². The van der Waals surface area contributed by atoms with Crippen molar-refractivity contribution in [2.45, 2.75) is 29.5 Å². The molecule has 2 nitrogen and oxygen atoms in total. The van der Waals surface area contributed by atoms with Crippen LogP contribution in [0.15, 0.2) is 64.0 Å². The number of rotatable bonds is 5.